The standard InChI is InChI=1S/C13H12F2N4O3/c1-19-13-10(11(17-19)6-2-3-6)7(12(14)15)4-9(16-13)22-5-8(20)18-21/h4,6,12H,2-3,5H2,1H3. The van der Waals surface area contributed by atoms with E-state index in [1.807, 2.05) is 0 Å². The molecule has 2 aromatic rings. The van der Waals surface area contributed by atoms with Gasteiger partial charge in [-0.3, -0.25) is 9.48 Å². The number of hydrogen-bond donors (Lipinski definition) is 0. The summed E-state index contributed by atoms with van der Waals surface area (Å²) in [6.45, 7) is -0.641. The quantitative estimate of drug-likeness (QED) is 0.792. The van der Waals surface area contributed by atoms with Crippen molar-refractivity contribution in [2.24, 2.45) is 12.2 Å². The van der Waals surface area contributed by atoms with Gasteiger partial charge in [0.25, 0.3) is 6.43 Å². The maximum absolute atomic E-state index is 13.4. The lowest BCUT2D eigenvalue weighted by atomic mass is 10.1. The van der Waals surface area contributed by atoms with Crippen LogP contribution in [0.5, 0.6) is 5.88 Å². The van der Waals surface area contributed by atoms with Crippen LogP contribution >= 0.6 is 0 Å². The van der Waals surface area contributed by atoms with E-state index in [9.17, 15) is 18.5 Å². The minimum absolute atomic E-state index is 0.162. The molecule has 0 spiro atoms. The third-order valence-electron chi connectivity index (χ3n) is 3.47. The predicted molar refractivity (Wildman–Crippen MR) is 71.7 cm³/mol. The highest BCUT2D eigenvalue weighted by Crippen LogP contribution is 2.44. The molecule has 7 nitrogen and oxygen atoms in total. The number of ether oxygens (including phenoxy) is 1. The van der Waals surface area contributed by atoms with Crippen LogP contribution in [0.2, 0.25) is 0 Å². The molecule has 1 aliphatic carbocycles. The number of pyridine rings is 1. The molecule has 2 heterocycles. The number of amides is 1. The third-order valence-corrected chi connectivity index (χ3v) is 3.47. The molecular formula is C13H12F2N4O3. The molecule has 0 radical (unpaired) electrons. The summed E-state index contributed by atoms with van der Waals surface area (Å²) in [6, 6.07) is 1.08. The largest absolute Gasteiger partial charge is 0.467 e. The van der Waals surface area contributed by atoms with E-state index in [0.717, 1.165) is 18.9 Å². The number of halogens is 2. The van der Waals surface area contributed by atoms with Crippen LogP contribution in [0.3, 0.4) is 0 Å². The molecule has 1 aliphatic rings. The van der Waals surface area contributed by atoms with E-state index in [4.69, 9.17) is 4.74 Å². The first kappa shape index (κ1) is 14.5. The number of nitroso groups, excluding NO2 is 1. The van der Waals surface area contributed by atoms with Crippen molar-refractivity contribution in [2.75, 3.05) is 6.61 Å². The van der Waals surface area contributed by atoms with Crippen LogP contribution < -0.4 is 4.74 Å². The minimum atomic E-state index is -2.73. The summed E-state index contributed by atoms with van der Waals surface area (Å²) in [5.41, 5.74) is 0.653. The third kappa shape index (κ3) is 2.53. The zero-order valence-electron chi connectivity index (χ0n) is 11.6. The van der Waals surface area contributed by atoms with Crippen molar-refractivity contribution in [3.63, 3.8) is 0 Å². The number of carbonyl (C=O) groups is 1. The predicted octanol–water partition coefficient (Wildman–Crippen LogP) is 2.46. The zero-order valence-corrected chi connectivity index (χ0v) is 11.6. The minimum Gasteiger partial charge on any atom is -0.467 e. The first-order valence-electron chi connectivity index (χ1n) is 6.66. The second-order valence-electron chi connectivity index (χ2n) is 5.11. The van der Waals surface area contributed by atoms with Crippen molar-refractivity contribution in [2.45, 2.75) is 25.2 Å². The second-order valence-corrected chi connectivity index (χ2v) is 5.11. The Labute approximate surface area is 123 Å². The van der Waals surface area contributed by atoms with Crippen molar-refractivity contribution in [1.29, 1.82) is 0 Å². The fourth-order valence-corrected chi connectivity index (χ4v) is 2.33. The number of nitrogens with zero attached hydrogens (tertiary/aromatic N) is 4. The lowest BCUT2D eigenvalue weighted by molar-refractivity contribution is -0.119. The number of rotatable bonds is 5. The van der Waals surface area contributed by atoms with Gasteiger partial charge in [0, 0.05) is 29.8 Å². The van der Waals surface area contributed by atoms with Gasteiger partial charge in [-0.25, -0.2) is 8.78 Å². The van der Waals surface area contributed by atoms with Gasteiger partial charge in [-0.2, -0.15) is 10.1 Å². The first-order chi connectivity index (χ1) is 10.5. The fourth-order valence-electron chi connectivity index (χ4n) is 2.33. The number of carbonyl (C=O) groups excluding carboxylic acids is 1. The van der Waals surface area contributed by atoms with Crippen molar-refractivity contribution in [1.82, 2.24) is 14.8 Å². The highest BCUT2D eigenvalue weighted by Gasteiger charge is 2.32. The van der Waals surface area contributed by atoms with Crippen LogP contribution in [0.15, 0.2) is 11.2 Å². The second kappa shape index (κ2) is 5.39. The topological polar surface area (TPSA) is 86.4 Å². The van der Waals surface area contributed by atoms with Crippen LogP contribution in [-0.4, -0.2) is 27.3 Å². The molecule has 0 saturated heterocycles. The molecule has 22 heavy (non-hydrogen) atoms. The Morgan fingerprint density at radius 3 is 2.86 bits per heavy atom. The molecular weight excluding hydrogens is 298 g/mol. The van der Waals surface area contributed by atoms with Crippen LogP contribution in [0.25, 0.3) is 11.0 Å². The molecule has 0 aromatic carbocycles. The van der Waals surface area contributed by atoms with E-state index in [1.54, 1.807) is 7.05 Å². The number of aryl methyl sites for hydroxylation is 1. The van der Waals surface area contributed by atoms with E-state index in [1.165, 1.54) is 4.68 Å². The van der Waals surface area contributed by atoms with Crippen LogP contribution in [0.4, 0.5) is 8.78 Å². The Kier molecular flexibility index (Phi) is 3.55. The Morgan fingerprint density at radius 1 is 1.55 bits per heavy atom. The molecule has 116 valence electrons. The smallest absolute Gasteiger partial charge is 0.323 e. The molecule has 0 aliphatic heterocycles. The summed E-state index contributed by atoms with van der Waals surface area (Å²) in [5.74, 6) is -1.01. The highest BCUT2D eigenvalue weighted by molar-refractivity contribution is 5.84. The van der Waals surface area contributed by atoms with Crippen LogP contribution in [0, 0.1) is 4.91 Å². The lowest BCUT2D eigenvalue weighted by Crippen LogP contribution is -2.09. The molecule has 0 N–H and O–H groups in total. The van der Waals surface area contributed by atoms with Crippen molar-refractivity contribution in [3.8, 4) is 5.88 Å². The van der Waals surface area contributed by atoms with Crippen molar-refractivity contribution >= 4 is 16.9 Å². The normalized spacial score (nSPS) is 14.5. The molecule has 9 heteroatoms. The Balaban J connectivity index is 2.07. The molecule has 2 aromatic heterocycles. The van der Waals surface area contributed by atoms with E-state index in [0.29, 0.717) is 11.1 Å². The van der Waals surface area contributed by atoms with Crippen LogP contribution in [0.1, 0.15) is 36.4 Å². The number of hydrogen-bond acceptors (Lipinski definition) is 5. The van der Waals surface area contributed by atoms with Gasteiger partial charge in [0.05, 0.1) is 11.1 Å². The highest BCUT2D eigenvalue weighted by atomic mass is 19.3. The monoisotopic (exact) mass is 310 g/mol. The van der Waals surface area contributed by atoms with Crippen molar-refractivity contribution in [3.05, 3.63) is 22.2 Å². The number of aromatic nitrogens is 3. The Morgan fingerprint density at radius 2 is 2.27 bits per heavy atom. The average Bonchev–Trinajstić information content (AvgIpc) is 3.29. The van der Waals surface area contributed by atoms with E-state index >= 15 is 0 Å². The van der Waals surface area contributed by atoms with Gasteiger partial charge >= 0.3 is 5.91 Å². The Hall–Kier alpha value is -2.45. The summed E-state index contributed by atoms with van der Waals surface area (Å²) >= 11 is 0. The lowest BCUT2D eigenvalue weighted by Gasteiger charge is -2.07. The molecule has 1 saturated carbocycles. The number of alkyl halides is 2. The van der Waals surface area contributed by atoms with Gasteiger partial charge < -0.3 is 4.74 Å². The first-order valence-corrected chi connectivity index (χ1v) is 6.66. The van der Waals surface area contributed by atoms with E-state index < -0.39 is 18.9 Å². The van der Waals surface area contributed by atoms with E-state index in [-0.39, 0.29) is 23.0 Å². The maximum Gasteiger partial charge on any atom is 0.323 e. The summed E-state index contributed by atoms with van der Waals surface area (Å²) in [4.78, 5) is 25.0. The number of fused-ring (bicyclic) bond motifs is 1. The Bertz CT molecular complexity index is 755. The van der Waals surface area contributed by atoms with Gasteiger partial charge in [0.1, 0.15) is 0 Å². The molecule has 0 unspecified atom stereocenters. The summed E-state index contributed by atoms with van der Waals surface area (Å²) in [6.07, 6.45) is -0.881. The van der Waals surface area contributed by atoms with E-state index in [2.05, 4.69) is 15.3 Å². The summed E-state index contributed by atoms with van der Waals surface area (Å²) in [7, 11) is 1.61. The molecule has 3 rings (SSSR count). The van der Waals surface area contributed by atoms with Gasteiger partial charge in [0.2, 0.25) is 5.88 Å². The van der Waals surface area contributed by atoms with Gasteiger partial charge in [0.15, 0.2) is 12.3 Å². The maximum atomic E-state index is 13.4. The molecule has 0 atom stereocenters. The molecule has 1 fully saturated rings. The molecule has 0 bridgehead atoms. The van der Waals surface area contributed by atoms with Gasteiger partial charge in [-0.05, 0) is 12.8 Å². The van der Waals surface area contributed by atoms with Crippen molar-refractivity contribution < 1.29 is 18.3 Å². The van der Waals surface area contributed by atoms with Gasteiger partial charge in [-0.1, -0.05) is 0 Å². The average molecular weight is 310 g/mol. The fraction of sp³-hybridized carbons (Fsp3) is 0.462. The van der Waals surface area contributed by atoms with Gasteiger partial charge in [-0.15, -0.1) is 4.91 Å². The molecule has 1 amide bonds. The van der Waals surface area contributed by atoms with Crippen LogP contribution in [-0.2, 0) is 11.8 Å². The SMILES string of the molecule is Cn1nc(C2CC2)c2c(C(F)F)cc(OCC(=O)N=O)nc21. The summed E-state index contributed by atoms with van der Waals surface area (Å²) in [5, 5.41) is 6.79. The zero-order chi connectivity index (χ0) is 15.9. The summed E-state index contributed by atoms with van der Waals surface area (Å²) < 4.78 is 33.1.